The number of nitrogens with zero attached hydrogens (tertiary/aromatic N) is 1. The van der Waals surface area contributed by atoms with Crippen molar-refractivity contribution < 1.29 is 23.8 Å². The van der Waals surface area contributed by atoms with Gasteiger partial charge in [0.15, 0.2) is 11.3 Å². The summed E-state index contributed by atoms with van der Waals surface area (Å²) in [6.45, 7) is 11.6. The predicted molar refractivity (Wildman–Crippen MR) is 73.5 cm³/mol. The van der Waals surface area contributed by atoms with Crippen LogP contribution in [0.15, 0.2) is 4.99 Å². The van der Waals surface area contributed by atoms with Gasteiger partial charge in [0.05, 0.1) is 5.71 Å². The molecule has 1 heterocycles. The van der Waals surface area contributed by atoms with E-state index in [1.54, 1.807) is 20.8 Å². The lowest BCUT2D eigenvalue weighted by Crippen LogP contribution is -2.51. The van der Waals surface area contributed by atoms with Crippen molar-refractivity contribution in [2.24, 2.45) is 4.99 Å². The van der Waals surface area contributed by atoms with Crippen molar-refractivity contribution in [3.63, 3.8) is 0 Å². The van der Waals surface area contributed by atoms with Gasteiger partial charge in [-0.15, -0.1) is 0 Å². The summed E-state index contributed by atoms with van der Waals surface area (Å²) in [7, 11) is 0. The number of hydrogen-bond donors (Lipinski definition) is 0. The van der Waals surface area contributed by atoms with Crippen LogP contribution in [0.4, 0.5) is 0 Å². The lowest BCUT2D eigenvalue weighted by atomic mass is 9.96. The number of esters is 2. The Bertz CT molecular complexity index is 452. The van der Waals surface area contributed by atoms with Crippen LogP contribution in [0.3, 0.4) is 0 Å². The third-order valence-electron chi connectivity index (χ3n) is 3.43. The minimum atomic E-state index is -1.03. The minimum Gasteiger partial charge on any atom is -0.460 e. The lowest BCUT2D eigenvalue weighted by Gasteiger charge is -2.39. The molecule has 0 aromatic heterocycles. The van der Waals surface area contributed by atoms with E-state index in [9.17, 15) is 9.59 Å². The van der Waals surface area contributed by atoms with Crippen molar-refractivity contribution in [2.75, 3.05) is 6.61 Å². The van der Waals surface area contributed by atoms with E-state index in [1.807, 2.05) is 13.8 Å². The second kappa shape index (κ2) is 5.16. The van der Waals surface area contributed by atoms with Crippen LogP contribution in [0.25, 0.3) is 0 Å². The molecule has 0 aromatic rings. The molecule has 6 nitrogen and oxygen atoms in total. The van der Waals surface area contributed by atoms with Gasteiger partial charge in [0.1, 0.15) is 12.2 Å². The standard InChI is InChI=1S/C14H23NO5/c1-9(16)18-8-11-12(3,4)20-14(7,15-11)13(5,6)19-10(2)17/h8H2,1-7H3. The van der Waals surface area contributed by atoms with Gasteiger partial charge in [0, 0.05) is 13.8 Å². The van der Waals surface area contributed by atoms with Gasteiger partial charge in [0.25, 0.3) is 0 Å². The number of aliphatic imine (C=N–C) groups is 1. The summed E-state index contributed by atoms with van der Waals surface area (Å²) in [5, 5.41) is 0. The molecular formula is C14H23NO5. The van der Waals surface area contributed by atoms with Crippen LogP contribution in [0.2, 0.25) is 0 Å². The van der Waals surface area contributed by atoms with Crippen LogP contribution < -0.4 is 0 Å². The first-order valence-electron chi connectivity index (χ1n) is 6.52. The molecule has 1 aliphatic heterocycles. The highest BCUT2D eigenvalue weighted by Gasteiger charge is 2.54. The molecule has 0 aliphatic carbocycles. The normalized spacial score (nSPS) is 25.1. The molecule has 0 N–H and O–H groups in total. The Morgan fingerprint density at radius 1 is 1.20 bits per heavy atom. The summed E-state index contributed by atoms with van der Waals surface area (Å²) in [5.74, 6) is -0.780. The Hall–Kier alpha value is -1.43. The maximum atomic E-state index is 11.2. The first-order valence-corrected chi connectivity index (χ1v) is 6.52. The Labute approximate surface area is 119 Å². The van der Waals surface area contributed by atoms with Crippen LogP contribution >= 0.6 is 0 Å². The Morgan fingerprint density at radius 3 is 2.20 bits per heavy atom. The van der Waals surface area contributed by atoms with Gasteiger partial charge in [-0.25, -0.2) is 4.99 Å². The molecule has 0 radical (unpaired) electrons. The molecule has 0 fully saturated rings. The maximum Gasteiger partial charge on any atom is 0.303 e. The number of rotatable bonds is 4. The predicted octanol–water partition coefficient (Wildman–Crippen LogP) is 1.86. The molecule has 1 unspecified atom stereocenters. The average Bonchev–Trinajstić information content (AvgIpc) is 2.44. The highest BCUT2D eigenvalue weighted by atomic mass is 16.6. The summed E-state index contributed by atoms with van der Waals surface area (Å²) in [6, 6.07) is 0. The number of carbonyl (C=O) groups is 2. The molecule has 1 rings (SSSR count). The van der Waals surface area contributed by atoms with Gasteiger partial charge in [0.2, 0.25) is 0 Å². The van der Waals surface area contributed by atoms with E-state index in [0.717, 1.165) is 0 Å². The van der Waals surface area contributed by atoms with Gasteiger partial charge >= 0.3 is 11.9 Å². The summed E-state index contributed by atoms with van der Waals surface area (Å²) >= 11 is 0. The second-order valence-electron chi connectivity index (χ2n) is 6.04. The Morgan fingerprint density at radius 2 is 1.75 bits per heavy atom. The van der Waals surface area contributed by atoms with Crippen molar-refractivity contribution >= 4 is 17.7 Å². The van der Waals surface area contributed by atoms with Crippen molar-refractivity contribution in [1.82, 2.24) is 0 Å². The number of ether oxygens (including phenoxy) is 3. The van der Waals surface area contributed by atoms with Crippen molar-refractivity contribution in [1.29, 1.82) is 0 Å². The van der Waals surface area contributed by atoms with E-state index in [2.05, 4.69) is 4.99 Å². The van der Waals surface area contributed by atoms with Gasteiger partial charge < -0.3 is 14.2 Å². The molecular weight excluding hydrogens is 262 g/mol. The molecule has 0 aromatic carbocycles. The molecule has 0 saturated carbocycles. The second-order valence-corrected chi connectivity index (χ2v) is 6.04. The Balaban J connectivity index is 3.02. The van der Waals surface area contributed by atoms with Crippen LogP contribution in [0, 0.1) is 0 Å². The van der Waals surface area contributed by atoms with E-state index >= 15 is 0 Å². The van der Waals surface area contributed by atoms with Crippen LogP contribution in [0.1, 0.15) is 48.5 Å². The molecule has 0 saturated heterocycles. The molecule has 20 heavy (non-hydrogen) atoms. The molecule has 1 atom stereocenters. The minimum absolute atomic E-state index is 0.0636. The van der Waals surface area contributed by atoms with Crippen molar-refractivity contribution in [2.45, 2.75) is 65.4 Å². The van der Waals surface area contributed by atoms with Gasteiger partial charge in [-0.05, 0) is 34.6 Å². The summed E-state index contributed by atoms with van der Waals surface area (Å²) in [6.07, 6.45) is 0. The fourth-order valence-electron chi connectivity index (χ4n) is 2.06. The van der Waals surface area contributed by atoms with Crippen molar-refractivity contribution in [3.05, 3.63) is 0 Å². The number of hydrogen-bond acceptors (Lipinski definition) is 6. The van der Waals surface area contributed by atoms with Crippen LogP contribution in [-0.4, -0.2) is 41.2 Å². The summed E-state index contributed by atoms with van der Waals surface area (Å²) < 4.78 is 16.3. The molecule has 0 amide bonds. The third-order valence-corrected chi connectivity index (χ3v) is 3.43. The van der Waals surface area contributed by atoms with E-state index in [-0.39, 0.29) is 12.6 Å². The largest absolute Gasteiger partial charge is 0.460 e. The summed E-state index contributed by atoms with van der Waals surface area (Å²) in [5.41, 5.74) is -2.05. The molecule has 6 heteroatoms. The molecule has 0 spiro atoms. The molecule has 114 valence electrons. The lowest BCUT2D eigenvalue weighted by molar-refractivity contribution is -0.202. The molecule has 1 aliphatic rings. The molecule has 0 bridgehead atoms. The highest BCUT2D eigenvalue weighted by molar-refractivity contribution is 5.95. The zero-order valence-corrected chi connectivity index (χ0v) is 13.2. The first kappa shape index (κ1) is 16.6. The SMILES string of the molecule is CC(=O)OCC1=NC(C)(C(C)(C)OC(C)=O)OC1(C)C. The average molecular weight is 285 g/mol. The highest BCUT2D eigenvalue weighted by Crippen LogP contribution is 2.40. The fraction of sp³-hybridized carbons (Fsp3) is 0.786. The smallest absolute Gasteiger partial charge is 0.303 e. The fourth-order valence-corrected chi connectivity index (χ4v) is 2.06. The van der Waals surface area contributed by atoms with E-state index in [4.69, 9.17) is 14.2 Å². The van der Waals surface area contributed by atoms with E-state index in [0.29, 0.717) is 5.71 Å². The van der Waals surface area contributed by atoms with Gasteiger partial charge in [-0.2, -0.15) is 0 Å². The summed E-state index contributed by atoms with van der Waals surface area (Å²) in [4.78, 5) is 26.7. The Kier molecular flexibility index (Phi) is 4.29. The van der Waals surface area contributed by atoms with Crippen LogP contribution in [-0.2, 0) is 23.8 Å². The van der Waals surface area contributed by atoms with E-state index in [1.165, 1.54) is 13.8 Å². The number of carbonyl (C=O) groups excluding carboxylic acids is 2. The van der Waals surface area contributed by atoms with Gasteiger partial charge in [-0.1, -0.05) is 0 Å². The maximum absolute atomic E-state index is 11.2. The topological polar surface area (TPSA) is 74.2 Å². The van der Waals surface area contributed by atoms with Crippen LogP contribution in [0.5, 0.6) is 0 Å². The van der Waals surface area contributed by atoms with E-state index < -0.39 is 22.9 Å². The monoisotopic (exact) mass is 285 g/mol. The van der Waals surface area contributed by atoms with Crippen molar-refractivity contribution in [3.8, 4) is 0 Å². The van der Waals surface area contributed by atoms with Gasteiger partial charge in [-0.3, -0.25) is 9.59 Å². The quantitative estimate of drug-likeness (QED) is 0.737. The zero-order valence-electron chi connectivity index (χ0n) is 13.2. The zero-order chi connectivity index (χ0) is 15.8. The first-order chi connectivity index (χ1) is 8.90. The third kappa shape index (κ3) is 3.36.